The maximum Gasteiger partial charge on any atom is 0.186 e. The molecule has 3 fully saturated rings. The van der Waals surface area contributed by atoms with E-state index in [2.05, 4.69) is 20.8 Å². The molecule has 3 aliphatic rings. The van der Waals surface area contributed by atoms with Gasteiger partial charge in [-0.2, -0.15) is 0 Å². The van der Waals surface area contributed by atoms with Gasteiger partial charge in [-0.15, -0.1) is 0 Å². The SMILES string of the molecule is C[C@@H]1C[C@@H](O[C@@H]2O[C@H](CO[C@@H]3O[C@@H](CO)[C@H](O)[C@H]3O)[C@@H](O)[C@H](O)[C@H]2O)CC(C)(C)[C@@H]1C=C[C@@H](C)O. The highest BCUT2D eigenvalue weighted by molar-refractivity contribution is 5.03. The third kappa shape index (κ3) is 6.60. The Morgan fingerprint density at radius 1 is 0.943 bits per heavy atom. The van der Waals surface area contributed by atoms with Gasteiger partial charge in [0.2, 0.25) is 0 Å². The fourth-order valence-corrected chi connectivity index (χ4v) is 5.52. The molecular weight excluding hydrogens is 464 g/mol. The van der Waals surface area contributed by atoms with Crippen molar-refractivity contribution in [3.63, 3.8) is 0 Å². The van der Waals surface area contributed by atoms with Crippen LogP contribution in [0.1, 0.15) is 40.5 Å². The standard InChI is InChI=1S/C24H42O11/c1-11-7-13(8-24(3,4)14(11)6-5-12(2)26)33-23-21(31)19(29)18(28)16(35-23)10-32-22-20(30)17(27)15(9-25)34-22/h5-6,11-23,25-31H,7-10H2,1-4H3/t11-,12-,13-,14-,15+,16-,17+,18-,19+,20-,21-,22-,23-/m1/s1. The first-order valence-electron chi connectivity index (χ1n) is 12.3. The van der Waals surface area contributed by atoms with Crippen molar-refractivity contribution >= 4 is 0 Å². The molecule has 0 amide bonds. The van der Waals surface area contributed by atoms with Crippen molar-refractivity contribution in [3.05, 3.63) is 12.2 Å². The normalized spacial score (nSPS) is 47.3. The predicted molar refractivity (Wildman–Crippen MR) is 122 cm³/mol. The van der Waals surface area contributed by atoms with Crippen molar-refractivity contribution in [1.29, 1.82) is 0 Å². The van der Waals surface area contributed by atoms with Gasteiger partial charge in [0.1, 0.15) is 42.7 Å². The van der Waals surface area contributed by atoms with Crippen molar-refractivity contribution in [2.75, 3.05) is 13.2 Å². The van der Waals surface area contributed by atoms with E-state index in [0.717, 1.165) is 0 Å². The van der Waals surface area contributed by atoms with E-state index in [1.807, 2.05) is 6.08 Å². The van der Waals surface area contributed by atoms with Gasteiger partial charge >= 0.3 is 0 Å². The summed E-state index contributed by atoms with van der Waals surface area (Å²) in [5, 5.41) is 70.0. The Morgan fingerprint density at radius 2 is 1.54 bits per heavy atom. The Bertz CT molecular complexity index is 701. The zero-order chi connectivity index (χ0) is 26.1. The molecular formula is C24H42O11. The van der Waals surface area contributed by atoms with Crippen LogP contribution in [-0.4, -0.2) is 116 Å². The lowest BCUT2D eigenvalue weighted by Gasteiger charge is -2.47. The van der Waals surface area contributed by atoms with Crippen molar-refractivity contribution in [2.45, 2.75) is 108 Å². The molecule has 13 atom stereocenters. The minimum Gasteiger partial charge on any atom is -0.394 e. The Labute approximate surface area is 205 Å². The maximum absolute atomic E-state index is 10.5. The van der Waals surface area contributed by atoms with Gasteiger partial charge in [0.05, 0.1) is 25.4 Å². The van der Waals surface area contributed by atoms with Crippen LogP contribution in [0.2, 0.25) is 0 Å². The first-order valence-corrected chi connectivity index (χ1v) is 12.3. The summed E-state index contributed by atoms with van der Waals surface area (Å²) < 4.78 is 22.6. The topological polar surface area (TPSA) is 179 Å². The minimum absolute atomic E-state index is 0.159. The van der Waals surface area contributed by atoms with Gasteiger partial charge < -0.3 is 54.7 Å². The molecule has 0 aromatic rings. The molecule has 11 heteroatoms. The lowest BCUT2D eigenvalue weighted by atomic mass is 9.63. The number of hydrogen-bond donors (Lipinski definition) is 7. The Kier molecular flexibility index (Phi) is 9.72. The Hall–Kier alpha value is -0.700. The van der Waals surface area contributed by atoms with E-state index in [1.165, 1.54) is 0 Å². The van der Waals surface area contributed by atoms with Crippen LogP contribution in [0.15, 0.2) is 12.2 Å². The molecule has 0 aromatic carbocycles. The first kappa shape index (κ1) is 28.9. The van der Waals surface area contributed by atoms with Crippen LogP contribution in [0.25, 0.3) is 0 Å². The first-order chi connectivity index (χ1) is 16.4. The van der Waals surface area contributed by atoms with Crippen molar-refractivity contribution in [1.82, 2.24) is 0 Å². The van der Waals surface area contributed by atoms with Gasteiger partial charge in [-0.05, 0) is 37.0 Å². The van der Waals surface area contributed by atoms with E-state index in [1.54, 1.807) is 13.0 Å². The molecule has 0 bridgehead atoms. The average Bonchev–Trinajstić information content (AvgIpc) is 3.05. The van der Waals surface area contributed by atoms with Gasteiger partial charge in [-0.1, -0.05) is 32.9 Å². The van der Waals surface area contributed by atoms with E-state index in [9.17, 15) is 35.7 Å². The summed E-state index contributed by atoms with van der Waals surface area (Å²) in [6.07, 6.45) is -7.50. The van der Waals surface area contributed by atoms with Gasteiger partial charge in [0.25, 0.3) is 0 Å². The molecule has 204 valence electrons. The quantitative estimate of drug-likeness (QED) is 0.193. The van der Waals surface area contributed by atoms with E-state index < -0.39 is 68.0 Å². The average molecular weight is 507 g/mol. The maximum atomic E-state index is 10.5. The fraction of sp³-hybridized carbons (Fsp3) is 0.917. The highest BCUT2D eigenvalue weighted by atomic mass is 16.7. The summed E-state index contributed by atoms with van der Waals surface area (Å²) in [4.78, 5) is 0. The Balaban J connectivity index is 1.61. The molecule has 11 nitrogen and oxygen atoms in total. The van der Waals surface area contributed by atoms with Crippen LogP contribution in [0.5, 0.6) is 0 Å². The number of aliphatic hydroxyl groups is 7. The molecule has 0 radical (unpaired) electrons. The molecule has 1 aliphatic carbocycles. The molecule has 7 N–H and O–H groups in total. The monoisotopic (exact) mass is 506 g/mol. The minimum atomic E-state index is -1.55. The smallest absolute Gasteiger partial charge is 0.186 e. The number of ether oxygens (including phenoxy) is 4. The third-order valence-electron chi connectivity index (χ3n) is 7.42. The molecule has 3 rings (SSSR count). The summed E-state index contributed by atoms with van der Waals surface area (Å²) in [7, 11) is 0. The van der Waals surface area contributed by atoms with Crippen LogP contribution in [0.3, 0.4) is 0 Å². The summed E-state index contributed by atoms with van der Waals surface area (Å²) in [5.74, 6) is 0.444. The number of aliphatic hydroxyl groups excluding tert-OH is 7. The zero-order valence-corrected chi connectivity index (χ0v) is 20.8. The molecule has 1 saturated carbocycles. The van der Waals surface area contributed by atoms with Crippen LogP contribution in [-0.2, 0) is 18.9 Å². The fourth-order valence-electron chi connectivity index (χ4n) is 5.52. The predicted octanol–water partition coefficient (Wildman–Crippen LogP) is -1.36. The van der Waals surface area contributed by atoms with Crippen LogP contribution in [0, 0.1) is 17.3 Å². The second kappa shape index (κ2) is 11.8. The van der Waals surface area contributed by atoms with Gasteiger partial charge in [0.15, 0.2) is 12.6 Å². The van der Waals surface area contributed by atoms with E-state index in [0.29, 0.717) is 12.8 Å². The van der Waals surface area contributed by atoms with Gasteiger partial charge in [0, 0.05) is 0 Å². The van der Waals surface area contributed by atoms with Crippen LogP contribution in [0.4, 0.5) is 0 Å². The van der Waals surface area contributed by atoms with E-state index in [4.69, 9.17) is 18.9 Å². The lowest BCUT2D eigenvalue weighted by molar-refractivity contribution is -0.323. The van der Waals surface area contributed by atoms with Gasteiger partial charge in [-0.3, -0.25) is 0 Å². The van der Waals surface area contributed by atoms with E-state index in [-0.39, 0.29) is 30.0 Å². The zero-order valence-electron chi connectivity index (χ0n) is 20.8. The molecule has 2 saturated heterocycles. The lowest BCUT2D eigenvalue weighted by Crippen LogP contribution is -2.60. The third-order valence-corrected chi connectivity index (χ3v) is 7.42. The van der Waals surface area contributed by atoms with Crippen molar-refractivity contribution in [2.24, 2.45) is 17.3 Å². The van der Waals surface area contributed by atoms with Crippen molar-refractivity contribution in [3.8, 4) is 0 Å². The molecule has 2 heterocycles. The van der Waals surface area contributed by atoms with Crippen LogP contribution < -0.4 is 0 Å². The number of hydrogen-bond acceptors (Lipinski definition) is 11. The summed E-state index contributed by atoms with van der Waals surface area (Å²) >= 11 is 0. The summed E-state index contributed by atoms with van der Waals surface area (Å²) in [6.45, 7) is 7.21. The van der Waals surface area contributed by atoms with Gasteiger partial charge in [-0.25, -0.2) is 0 Å². The summed E-state index contributed by atoms with van der Waals surface area (Å²) in [5.41, 5.74) is -0.159. The second-order valence-corrected chi connectivity index (χ2v) is 10.9. The summed E-state index contributed by atoms with van der Waals surface area (Å²) in [6, 6.07) is 0. The molecule has 35 heavy (non-hydrogen) atoms. The Morgan fingerprint density at radius 3 is 2.11 bits per heavy atom. The van der Waals surface area contributed by atoms with E-state index >= 15 is 0 Å². The van der Waals surface area contributed by atoms with Crippen LogP contribution >= 0.6 is 0 Å². The molecule has 0 aromatic heterocycles. The molecule has 2 aliphatic heterocycles. The second-order valence-electron chi connectivity index (χ2n) is 10.9. The molecule has 0 spiro atoms. The highest BCUT2D eigenvalue weighted by Crippen LogP contribution is 2.46. The largest absolute Gasteiger partial charge is 0.394 e. The van der Waals surface area contributed by atoms with Crippen molar-refractivity contribution < 1.29 is 54.7 Å². The molecule has 0 unspecified atom stereocenters. The number of allylic oxidation sites excluding steroid dienone is 1. The highest BCUT2D eigenvalue weighted by Gasteiger charge is 2.49. The number of rotatable bonds is 8.